The quantitative estimate of drug-likeness (QED) is 0.361. The maximum atomic E-state index is 5.22. The van der Waals surface area contributed by atoms with Crippen LogP contribution in [0, 0.1) is 0 Å². The first kappa shape index (κ1) is 19.8. The molecule has 24 heavy (non-hydrogen) atoms. The Bertz CT molecular complexity index is 636. The largest absolute Gasteiger partial charge is 0.378 e. The van der Waals surface area contributed by atoms with Crippen LogP contribution in [0.25, 0.3) is 0 Å². The molecule has 0 aliphatic heterocycles. The first-order valence-corrected chi connectivity index (χ1v) is 8.06. The van der Waals surface area contributed by atoms with Gasteiger partial charge in [0, 0.05) is 32.5 Å². The summed E-state index contributed by atoms with van der Waals surface area (Å²) < 4.78 is 0. The molecule has 0 saturated heterocycles. The van der Waals surface area contributed by atoms with Crippen molar-refractivity contribution < 1.29 is 0 Å². The molecule has 0 aromatic heterocycles. The van der Waals surface area contributed by atoms with E-state index in [9.17, 15) is 0 Å². The summed E-state index contributed by atoms with van der Waals surface area (Å²) >= 11 is 10.2. The van der Waals surface area contributed by atoms with Crippen molar-refractivity contribution in [3.05, 3.63) is 24.3 Å². The van der Waals surface area contributed by atoms with Crippen molar-refractivity contribution in [2.45, 2.75) is 13.8 Å². The number of hydrogen-bond donors (Lipinski definition) is 4. The molecule has 0 radical (unpaired) electrons. The molecule has 0 saturated carbocycles. The van der Waals surface area contributed by atoms with Crippen molar-refractivity contribution in [1.29, 1.82) is 0 Å². The van der Waals surface area contributed by atoms with Crippen molar-refractivity contribution in [1.82, 2.24) is 16.2 Å². The topological polar surface area (TPSA) is 76.1 Å². The average molecular weight is 366 g/mol. The van der Waals surface area contributed by atoms with Crippen molar-refractivity contribution >= 4 is 57.5 Å². The molecule has 130 valence electrons. The summed E-state index contributed by atoms with van der Waals surface area (Å²) in [4.78, 5) is 2.03. The molecule has 0 spiro atoms. The number of nitrogens with zero attached hydrogens (tertiary/aromatic N) is 3. The number of benzene rings is 1. The molecule has 0 unspecified atom stereocenters. The molecule has 1 aromatic rings. The summed E-state index contributed by atoms with van der Waals surface area (Å²) in [6, 6.07) is 7.92. The van der Waals surface area contributed by atoms with Crippen LogP contribution in [0.1, 0.15) is 13.8 Å². The van der Waals surface area contributed by atoms with Crippen LogP contribution in [0.5, 0.6) is 0 Å². The maximum absolute atomic E-state index is 5.22. The number of hydrogen-bond acceptors (Lipinski definition) is 5. The molecule has 1 rings (SSSR count). The molecular weight excluding hydrogens is 342 g/mol. The minimum Gasteiger partial charge on any atom is -0.378 e. The zero-order chi connectivity index (χ0) is 18.1. The maximum Gasteiger partial charge on any atom is 0.191 e. The van der Waals surface area contributed by atoms with Crippen molar-refractivity contribution in [3.8, 4) is 0 Å². The zero-order valence-corrected chi connectivity index (χ0v) is 16.1. The van der Waals surface area contributed by atoms with E-state index in [4.69, 9.17) is 24.4 Å². The van der Waals surface area contributed by atoms with Crippen LogP contribution < -0.4 is 26.4 Å². The van der Waals surface area contributed by atoms with Gasteiger partial charge in [0.1, 0.15) is 0 Å². The molecule has 4 N–H and O–H groups in total. The molecule has 0 heterocycles. The smallest absolute Gasteiger partial charge is 0.191 e. The Kier molecular flexibility index (Phi) is 8.07. The van der Waals surface area contributed by atoms with Gasteiger partial charge in [-0.15, -0.1) is 0 Å². The molecule has 0 aliphatic carbocycles. The van der Waals surface area contributed by atoms with Gasteiger partial charge in [-0.2, -0.15) is 10.2 Å². The van der Waals surface area contributed by atoms with E-state index < -0.39 is 0 Å². The molecule has 0 amide bonds. The lowest BCUT2D eigenvalue weighted by atomic mass is 10.2. The normalized spacial score (nSPS) is 11.5. The molecule has 0 atom stereocenters. The first-order valence-electron chi connectivity index (χ1n) is 7.24. The predicted molar refractivity (Wildman–Crippen MR) is 111 cm³/mol. The van der Waals surface area contributed by atoms with Crippen molar-refractivity contribution in [2.24, 2.45) is 10.2 Å². The Hall–Kier alpha value is -2.26. The highest BCUT2D eigenvalue weighted by Gasteiger charge is 2.01. The minimum atomic E-state index is 0.401. The number of anilines is 2. The van der Waals surface area contributed by atoms with E-state index in [1.807, 2.05) is 57.1 Å². The summed E-state index contributed by atoms with van der Waals surface area (Å²) in [6.45, 7) is 3.65. The molecule has 0 aliphatic rings. The third-order valence-corrected chi connectivity index (χ3v) is 3.53. The second-order valence-electron chi connectivity index (χ2n) is 5.09. The minimum absolute atomic E-state index is 0.401. The Morgan fingerprint density at radius 1 is 0.917 bits per heavy atom. The van der Waals surface area contributed by atoms with Gasteiger partial charge < -0.3 is 15.5 Å². The van der Waals surface area contributed by atoms with Crippen molar-refractivity contribution in [2.75, 3.05) is 31.4 Å². The Labute approximate surface area is 153 Å². The van der Waals surface area contributed by atoms with Crippen LogP contribution in [0.4, 0.5) is 11.4 Å². The standard InChI is InChI=1S/C15H23N7S2/c1-10(18-20-14(23)16-3)11(2)19-21-15(24)17-12-6-8-13(9-7-12)22(4)5/h6-9H,1-5H3,(H2,16,20,23)(H2,17,21,24)/b18-10+,19-11+. The summed E-state index contributed by atoms with van der Waals surface area (Å²) in [6.07, 6.45) is 0. The number of rotatable bonds is 5. The second-order valence-corrected chi connectivity index (χ2v) is 5.91. The van der Waals surface area contributed by atoms with E-state index in [1.54, 1.807) is 7.05 Å². The van der Waals surface area contributed by atoms with E-state index in [1.165, 1.54) is 0 Å². The summed E-state index contributed by atoms with van der Waals surface area (Å²) in [7, 11) is 5.71. The SMILES string of the molecule is CNC(=S)N/N=C(C)/C(C)=N/NC(=S)Nc1ccc(N(C)C)cc1. The van der Waals surface area contributed by atoms with Gasteiger partial charge in [0.2, 0.25) is 0 Å². The predicted octanol–water partition coefficient (Wildman–Crippen LogP) is 1.88. The van der Waals surface area contributed by atoms with Gasteiger partial charge in [0.05, 0.1) is 11.4 Å². The van der Waals surface area contributed by atoms with Crippen LogP contribution in [-0.2, 0) is 0 Å². The summed E-state index contributed by atoms with van der Waals surface area (Å²) in [5.41, 5.74) is 8.88. The Morgan fingerprint density at radius 2 is 1.42 bits per heavy atom. The second kappa shape index (κ2) is 9.78. The van der Waals surface area contributed by atoms with Gasteiger partial charge in [0.15, 0.2) is 10.2 Å². The fourth-order valence-electron chi connectivity index (χ4n) is 1.49. The number of hydrazone groups is 2. The van der Waals surface area contributed by atoms with Gasteiger partial charge in [-0.3, -0.25) is 10.9 Å². The van der Waals surface area contributed by atoms with E-state index in [0.29, 0.717) is 21.6 Å². The van der Waals surface area contributed by atoms with E-state index >= 15 is 0 Å². The Balaban J connectivity index is 2.56. The fraction of sp³-hybridized carbons (Fsp3) is 0.333. The van der Waals surface area contributed by atoms with E-state index in [0.717, 1.165) is 11.4 Å². The highest BCUT2D eigenvalue weighted by atomic mass is 32.1. The molecule has 1 aromatic carbocycles. The summed E-state index contributed by atoms with van der Waals surface area (Å²) in [5, 5.41) is 15.0. The lowest BCUT2D eigenvalue weighted by molar-refractivity contribution is 0.974. The molecule has 0 bridgehead atoms. The third-order valence-electron chi connectivity index (χ3n) is 3.04. The van der Waals surface area contributed by atoms with Gasteiger partial charge in [0.25, 0.3) is 0 Å². The number of thiocarbonyl (C=S) groups is 2. The van der Waals surface area contributed by atoms with Crippen LogP contribution in [0.3, 0.4) is 0 Å². The fourth-order valence-corrected chi connectivity index (χ4v) is 1.70. The molecule has 9 heteroatoms. The van der Waals surface area contributed by atoms with Crippen LogP contribution >= 0.6 is 24.4 Å². The lowest BCUT2D eigenvalue weighted by Crippen LogP contribution is -2.30. The first-order chi connectivity index (χ1) is 11.3. The molecular formula is C15H23N7S2. The third kappa shape index (κ3) is 6.88. The van der Waals surface area contributed by atoms with Crippen LogP contribution in [0.2, 0.25) is 0 Å². The van der Waals surface area contributed by atoms with Gasteiger partial charge in [-0.1, -0.05) is 0 Å². The lowest BCUT2D eigenvalue weighted by Gasteiger charge is -2.13. The zero-order valence-electron chi connectivity index (χ0n) is 14.5. The van der Waals surface area contributed by atoms with Crippen molar-refractivity contribution in [3.63, 3.8) is 0 Å². The van der Waals surface area contributed by atoms with Gasteiger partial charge in [-0.25, -0.2) is 0 Å². The highest BCUT2D eigenvalue weighted by Crippen LogP contribution is 2.15. The van der Waals surface area contributed by atoms with Gasteiger partial charge in [-0.05, 0) is 62.5 Å². The van der Waals surface area contributed by atoms with E-state index in [-0.39, 0.29) is 0 Å². The summed E-state index contributed by atoms with van der Waals surface area (Å²) in [5.74, 6) is 0. The molecule has 7 nitrogen and oxygen atoms in total. The monoisotopic (exact) mass is 365 g/mol. The average Bonchev–Trinajstić information content (AvgIpc) is 2.57. The molecule has 0 fully saturated rings. The van der Waals surface area contributed by atoms with Gasteiger partial charge >= 0.3 is 0 Å². The Morgan fingerprint density at radius 3 is 1.88 bits per heavy atom. The van der Waals surface area contributed by atoms with Crippen LogP contribution in [-0.4, -0.2) is 42.8 Å². The van der Waals surface area contributed by atoms with E-state index in [2.05, 4.69) is 31.7 Å². The highest BCUT2D eigenvalue weighted by molar-refractivity contribution is 7.80. The van der Waals surface area contributed by atoms with Crippen LogP contribution in [0.15, 0.2) is 34.5 Å². The number of nitrogens with one attached hydrogen (secondary N) is 4.